The summed E-state index contributed by atoms with van der Waals surface area (Å²) < 4.78 is 2.00. The van der Waals surface area contributed by atoms with Crippen molar-refractivity contribution in [3.63, 3.8) is 0 Å². The fourth-order valence-corrected chi connectivity index (χ4v) is 3.32. The van der Waals surface area contributed by atoms with Crippen molar-refractivity contribution in [2.24, 2.45) is 5.92 Å². The van der Waals surface area contributed by atoms with Crippen LogP contribution in [0.25, 0.3) is 11.0 Å². The lowest BCUT2D eigenvalue weighted by Crippen LogP contribution is -2.42. The smallest absolute Gasteiger partial charge is 0.240 e. The molecular formula is C17H23N3O. The van der Waals surface area contributed by atoms with Crippen molar-refractivity contribution in [2.45, 2.75) is 52.1 Å². The number of aromatic nitrogens is 2. The summed E-state index contributed by atoms with van der Waals surface area (Å²) in [6.07, 6.45) is 4.84. The lowest BCUT2D eigenvalue weighted by molar-refractivity contribution is -0.122. The highest BCUT2D eigenvalue weighted by atomic mass is 16.2. The number of aryl methyl sites for hydroxylation is 1. The number of carbonyl (C=O) groups is 1. The van der Waals surface area contributed by atoms with Gasteiger partial charge in [-0.2, -0.15) is 0 Å². The van der Waals surface area contributed by atoms with E-state index >= 15 is 0 Å². The van der Waals surface area contributed by atoms with E-state index in [1.807, 2.05) is 35.8 Å². The van der Waals surface area contributed by atoms with Gasteiger partial charge >= 0.3 is 0 Å². The number of nitrogens with one attached hydrogen (secondary N) is 1. The van der Waals surface area contributed by atoms with Crippen LogP contribution < -0.4 is 5.32 Å². The molecule has 1 heterocycles. The number of hydrogen-bond donors (Lipinski definition) is 1. The van der Waals surface area contributed by atoms with Gasteiger partial charge in [-0.25, -0.2) is 4.98 Å². The minimum Gasteiger partial charge on any atom is -0.352 e. The van der Waals surface area contributed by atoms with Gasteiger partial charge in [0.25, 0.3) is 0 Å². The number of benzene rings is 1. The van der Waals surface area contributed by atoms with Gasteiger partial charge < -0.3 is 9.88 Å². The molecule has 2 atom stereocenters. The molecule has 4 heteroatoms. The van der Waals surface area contributed by atoms with Gasteiger partial charge in [0.05, 0.1) is 11.0 Å². The highest BCUT2D eigenvalue weighted by Gasteiger charge is 2.23. The Labute approximate surface area is 125 Å². The maximum absolute atomic E-state index is 12.4. The van der Waals surface area contributed by atoms with Crippen LogP contribution >= 0.6 is 0 Å². The van der Waals surface area contributed by atoms with Gasteiger partial charge in [0, 0.05) is 6.04 Å². The zero-order valence-corrected chi connectivity index (χ0v) is 12.8. The number of para-hydroxylation sites is 2. The van der Waals surface area contributed by atoms with E-state index in [1.165, 1.54) is 19.3 Å². The molecule has 0 spiro atoms. The molecule has 4 nitrogen and oxygen atoms in total. The van der Waals surface area contributed by atoms with Crippen molar-refractivity contribution < 1.29 is 4.79 Å². The molecule has 0 unspecified atom stereocenters. The molecular weight excluding hydrogens is 262 g/mol. The van der Waals surface area contributed by atoms with Gasteiger partial charge in [-0.1, -0.05) is 31.9 Å². The van der Waals surface area contributed by atoms with E-state index in [1.54, 1.807) is 0 Å². The molecule has 3 rings (SSSR count). The molecule has 1 aromatic heterocycles. The van der Waals surface area contributed by atoms with Crippen LogP contribution in [-0.2, 0) is 11.3 Å². The Balaban J connectivity index is 1.73. The Kier molecular flexibility index (Phi) is 3.95. The zero-order chi connectivity index (χ0) is 14.8. The van der Waals surface area contributed by atoms with Crippen LogP contribution in [0.2, 0.25) is 0 Å². The molecule has 1 aliphatic rings. The third-order valence-corrected chi connectivity index (χ3v) is 4.60. The van der Waals surface area contributed by atoms with E-state index in [9.17, 15) is 4.79 Å². The van der Waals surface area contributed by atoms with E-state index in [0.29, 0.717) is 18.5 Å². The molecule has 21 heavy (non-hydrogen) atoms. The number of carbonyl (C=O) groups excluding carboxylic acids is 1. The number of hydrogen-bond acceptors (Lipinski definition) is 2. The monoisotopic (exact) mass is 285 g/mol. The van der Waals surface area contributed by atoms with Crippen molar-refractivity contribution >= 4 is 16.9 Å². The highest BCUT2D eigenvalue weighted by Crippen LogP contribution is 2.23. The molecule has 2 aromatic rings. The second-order valence-corrected chi connectivity index (χ2v) is 6.17. The van der Waals surface area contributed by atoms with Gasteiger partial charge in [-0.3, -0.25) is 4.79 Å². The Morgan fingerprint density at radius 3 is 2.90 bits per heavy atom. The maximum Gasteiger partial charge on any atom is 0.240 e. The summed E-state index contributed by atoms with van der Waals surface area (Å²) in [5.41, 5.74) is 1.98. The number of nitrogens with zero attached hydrogens (tertiary/aromatic N) is 2. The minimum atomic E-state index is 0.0972. The third-order valence-electron chi connectivity index (χ3n) is 4.60. The molecule has 1 amide bonds. The third kappa shape index (κ3) is 2.94. The van der Waals surface area contributed by atoms with Gasteiger partial charge in [0.2, 0.25) is 5.91 Å². The lowest BCUT2D eigenvalue weighted by atomic mass is 9.86. The van der Waals surface area contributed by atoms with Gasteiger partial charge in [-0.15, -0.1) is 0 Å². The molecule has 1 saturated carbocycles. The standard InChI is InChI=1S/C17H23N3O/c1-12-7-3-4-8-14(12)19-17(21)11-20-13(2)18-15-9-5-6-10-16(15)20/h5-6,9-10,12,14H,3-4,7-8,11H2,1-2H3,(H,19,21)/t12-,14-/m1/s1. The van der Waals surface area contributed by atoms with Crippen molar-refractivity contribution in [3.8, 4) is 0 Å². The first-order chi connectivity index (χ1) is 10.1. The number of imidazole rings is 1. The van der Waals surface area contributed by atoms with E-state index in [2.05, 4.69) is 17.2 Å². The van der Waals surface area contributed by atoms with Crippen molar-refractivity contribution in [1.82, 2.24) is 14.9 Å². The topological polar surface area (TPSA) is 46.9 Å². The molecule has 0 bridgehead atoms. The van der Waals surface area contributed by atoms with E-state index < -0.39 is 0 Å². The normalized spacial score (nSPS) is 22.4. The summed E-state index contributed by atoms with van der Waals surface area (Å²) >= 11 is 0. The minimum absolute atomic E-state index is 0.0972. The molecule has 0 saturated heterocycles. The Bertz CT molecular complexity index is 647. The van der Waals surface area contributed by atoms with Crippen molar-refractivity contribution in [1.29, 1.82) is 0 Å². The molecule has 0 aliphatic heterocycles. The van der Waals surface area contributed by atoms with Crippen LogP contribution in [0, 0.1) is 12.8 Å². The highest BCUT2D eigenvalue weighted by molar-refractivity contribution is 5.81. The number of amides is 1. The Morgan fingerprint density at radius 2 is 2.10 bits per heavy atom. The quantitative estimate of drug-likeness (QED) is 0.942. The average Bonchev–Trinajstić information content (AvgIpc) is 2.78. The van der Waals surface area contributed by atoms with Crippen LogP contribution in [-0.4, -0.2) is 21.5 Å². The van der Waals surface area contributed by atoms with E-state index in [0.717, 1.165) is 23.3 Å². The van der Waals surface area contributed by atoms with E-state index in [4.69, 9.17) is 0 Å². The summed E-state index contributed by atoms with van der Waals surface area (Å²) in [5, 5.41) is 3.21. The zero-order valence-electron chi connectivity index (χ0n) is 12.8. The molecule has 1 fully saturated rings. The molecule has 0 radical (unpaired) electrons. The van der Waals surface area contributed by atoms with Crippen molar-refractivity contribution in [2.75, 3.05) is 0 Å². The predicted octanol–water partition coefficient (Wildman–Crippen LogP) is 3.04. The summed E-state index contributed by atoms with van der Waals surface area (Å²) in [4.78, 5) is 16.9. The first-order valence-electron chi connectivity index (χ1n) is 7.86. The van der Waals surface area contributed by atoms with E-state index in [-0.39, 0.29) is 5.91 Å². The Morgan fingerprint density at radius 1 is 1.33 bits per heavy atom. The number of fused-ring (bicyclic) bond motifs is 1. The molecule has 1 N–H and O–H groups in total. The van der Waals surface area contributed by atoms with Gasteiger partial charge in [-0.05, 0) is 37.8 Å². The lowest BCUT2D eigenvalue weighted by Gasteiger charge is -2.29. The molecule has 1 aromatic carbocycles. The van der Waals surface area contributed by atoms with Crippen LogP contribution in [0.15, 0.2) is 24.3 Å². The van der Waals surface area contributed by atoms with Crippen molar-refractivity contribution in [3.05, 3.63) is 30.1 Å². The SMILES string of the molecule is Cc1nc2ccccc2n1CC(=O)N[C@@H]1CCCC[C@H]1C. The summed E-state index contributed by atoms with van der Waals surface area (Å²) in [6.45, 7) is 4.55. The second-order valence-electron chi connectivity index (χ2n) is 6.17. The average molecular weight is 285 g/mol. The first-order valence-corrected chi connectivity index (χ1v) is 7.86. The van der Waals surface area contributed by atoms with Gasteiger partial charge in [0.15, 0.2) is 0 Å². The fraction of sp³-hybridized carbons (Fsp3) is 0.529. The van der Waals surface area contributed by atoms with Crippen LogP contribution in [0.4, 0.5) is 0 Å². The predicted molar refractivity (Wildman–Crippen MR) is 84.0 cm³/mol. The summed E-state index contributed by atoms with van der Waals surface area (Å²) in [5.74, 6) is 1.58. The molecule has 112 valence electrons. The number of rotatable bonds is 3. The fourth-order valence-electron chi connectivity index (χ4n) is 3.32. The Hall–Kier alpha value is -1.84. The first kappa shape index (κ1) is 14.1. The van der Waals surface area contributed by atoms with Crippen LogP contribution in [0.5, 0.6) is 0 Å². The summed E-state index contributed by atoms with van der Waals surface area (Å²) in [7, 11) is 0. The van der Waals surface area contributed by atoms with Crippen LogP contribution in [0.1, 0.15) is 38.4 Å². The maximum atomic E-state index is 12.4. The van der Waals surface area contributed by atoms with Gasteiger partial charge in [0.1, 0.15) is 12.4 Å². The largest absolute Gasteiger partial charge is 0.352 e. The molecule has 1 aliphatic carbocycles. The summed E-state index contributed by atoms with van der Waals surface area (Å²) in [6, 6.07) is 8.30. The second kappa shape index (κ2) is 5.88. The van der Waals surface area contributed by atoms with Crippen LogP contribution in [0.3, 0.4) is 0 Å².